The topological polar surface area (TPSA) is 29.1 Å². The van der Waals surface area contributed by atoms with Crippen molar-refractivity contribution in [3.05, 3.63) is 60.2 Å². The van der Waals surface area contributed by atoms with Crippen molar-refractivity contribution in [3.8, 4) is 0 Å². The molecule has 0 fully saturated rings. The maximum absolute atomic E-state index is 11.9. The second-order valence-corrected chi connectivity index (χ2v) is 5.25. The quantitative estimate of drug-likeness (QED) is 0.833. The molecule has 2 aromatic carbocycles. The van der Waals surface area contributed by atoms with Crippen LogP contribution in [0.5, 0.6) is 0 Å². The van der Waals surface area contributed by atoms with Crippen LogP contribution >= 0.6 is 11.8 Å². The first-order valence-electron chi connectivity index (χ1n) is 6.34. The standard InChI is InChI=1S/C16H17NOS/c1-2-13-7-6-8-14(11-13)17-16(18)12-19-15-9-4-3-5-10-15/h3-11H,2,12H2,1H3,(H,17,18). The van der Waals surface area contributed by atoms with Crippen LogP contribution in [0.3, 0.4) is 0 Å². The molecule has 0 aliphatic carbocycles. The van der Waals surface area contributed by atoms with E-state index in [1.165, 1.54) is 5.56 Å². The van der Waals surface area contributed by atoms with E-state index in [2.05, 4.69) is 18.3 Å². The number of hydrogen-bond acceptors (Lipinski definition) is 2. The largest absolute Gasteiger partial charge is 0.325 e. The van der Waals surface area contributed by atoms with Crippen LogP contribution in [0.4, 0.5) is 5.69 Å². The summed E-state index contributed by atoms with van der Waals surface area (Å²) in [6.07, 6.45) is 0.975. The Morgan fingerprint density at radius 3 is 2.63 bits per heavy atom. The third-order valence-corrected chi connectivity index (χ3v) is 3.74. The fourth-order valence-electron chi connectivity index (χ4n) is 1.73. The second-order valence-electron chi connectivity index (χ2n) is 4.20. The van der Waals surface area contributed by atoms with Crippen molar-refractivity contribution in [3.63, 3.8) is 0 Å². The number of carbonyl (C=O) groups excluding carboxylic acids is 1. The summed E-state index contributed by atoms with van der Waals surface area (Å²) in [4.78, 5) is 13.0. The summed E-state index contributed by atoms with van der Waals surface area (Å²) in [5, 5.41) is 2.93. The highest BCUT2D eigenvalue weighted by Crippen LogP contribution is 2.17. The zero-order valence-electron chi connectivity index (χ0n) is 10.9. The molecule has 2 aromatic rings. The van der Waals surface area contributed by atoms with Crippen molar-refractivity contribution >= 4 is 23.4 Å². The van der Waals surface area contributed by atoms with Crippen LogP contribution in [-0.4, -0.2) is 11.7 Å². The van der Waals surface area contributed by atoms with Gasteiger partial charge in [0.25, 0.3) is 0 Å². The van der Waals surface area contributed by atoms with Gasteiger partial charge >= 0.3 is 0 Å². The summed E-state index contributed by atoms with van der Waals surface area (Å²) in [7, 11) is 0. The van der Waals surface area contributed by atoms with Gasteiger partial charge in [-0.1, -0.05) is 37.3 Å². The average molecular weight is 271 g/mol. The summed E-state index contributed by atoms with van der Waals surface area (Å²) in [5.74, 6) is 0.461. The summed E-state index contributed by atoms with van der Waals surface area (Å²) < 4.78 is 0. The van der Waals surface area contributed by atoms with Crippen LogP contribution in [0.15, 0.2) is 59.5 Å². The second kappa shape index (κ2) is 7.00. The minimum atomic E-state index is 0.0297. The minimum absolute atomic E-state index is 0.0297. The zero-order valence-corrected chi connectivity index (χ0v) is 11.7. The molecule has 19 heavy (non-hydrogen) atoms. The van der Waals surface area contributed by atoms with Gasteiger partial charge in [0.1, 0.15) is 0 Å². The molecule has 1 amide bonds. The number of hydrogen-bond donors (Lipinski definition) is 1. The molecule has 2 nitrogen and oxygen atoms in total. The van der Waals surface area contributed by atoms with Crippen LogP contribution in [0.2, 0.25) is 0 Å². The number of anilines is 1. The first-order chi connectivity index (χ1) is 9.28. The lowest BCUT2D eigenvalue weighted by atomic mass is 10.1. The predicted molar refractivity (Wildman–Crippen MR) is 81.6 cm³/mol. The fraction of sp³-hybridized carbons (Fsp3) is 0.188. The lowest BCUT2D eigenvalue weighted by Crippen LogP contribution is -2.14. The summed E-state index contributed by atoms with van der Waals surface area (Å²) in [6, 6.07) is 17.9. The summed E-state index contributed by atoms with van der Waals surface area (Å²) >= 11 is 1.55. The van der Waals surface area contributed by atoms with Crippen LogP contribution in [0.25, 0.3) is 0 Å². The number of amides is 1. The molecule has 0 saturated heterocycles. The highest BCUT2D eigenvalue weighted by atomic mass is 32.2. The van der Waals surface area contributed by atoms with E-state index in [9.17, 15) is 4.79 Å². The molecule has 0 aliphatic rings. The van der Waals surface area contributed by atoms with Gasteiger partial charge in [0.15, 0.2) is 0 Å². The first kappa shape index (κ1) is 13.7. The van der Waals surface area contributed by atoms with Crippen LogP contribution in [0, 0.1) is 0 Å². The first-order valence-corrected chi connectivity index (χ1v) is 7.33. The van der Waals surface area contributed by atoms with Crippen molar-refractivity contribution in [2.24, 2.45) is 0 Å². The van der Waals surface area contributed by atoms with E-state index in [0.717, 1.165) is 17.0 Å². The van der Waals surface area contributed by atoms with E-state index < -0.39 is 0 Å². The highest BCUT2D eigenvalue weighted by molar-refractivity contribution is 8.00. The normalized spacial score (nSPS) is 10.2. The van der Waals surface area contributed by atoms with Gasteiger partial charge in [0, 0.05) is 10.6 Å². The number of rotatable bonds is 5. The Hall–Kier alpha value is -1.74. The molecule has 0 bridgehead atoms. The van der Waals surface area contributed by atoms with E-state index in [4.69, 9.17) is 0 Å². The van der Waals surface area contributed by atoms with E-state index in [-0.39, 0.29) is 5.91 Å². The Bertz CT molecular complexity index is 539. The number of aryl methyl sites for hydroxylation is 1. The Kier molecular flexibility index (Phi) is 5.04. The number of thioether (sulfide) groups is 1. The van der Waals surface area contributed by atoms with Crippen molar-refractivity contribution in [2.45, 2.75) is 18.2 Å². The van der Waals surface area contributed by atoms with Gasteiger partial charge in [0.05, 0.1) is 5.75 Å². The molecular weight excluding hydrogens is 254 g/mol. The molecule has 0 aliphatic heterocycles. The molecule has 0 heterocycles. The zero-order chi connectivity index (χ0) is 13.5. The highest BCUT2D eigenvalue weighted by Gasteiger charge is 2.03. The lowest BCUT2D eigenvalue weighted by molar-refractivity contribution is -0.113. The molecule has 1 N–H and O–H groups in total. The van der Waals surface area contributed by atoms with Gasteiger partial charge in [-0.05, 0) is 36.2 Å². The molecule has 0 radical (unpaired) electrons. The Balaban J connectivity index is 1.87. The maximum Gasteiger partial charge on any atom is 0.234 e. The van der Waals surface area contributed by atoms with E-state index in [1.807, 2.05) is 48.5 Å². The van der Waals surface area contributed by atoms with Crippen LogP contribution < -0.4 is 5.32 Å². The summed E-state index contributed by atoms with van der Waals surface area (Å²) in [6.45, 7) is 2.10. The Morgan fingerprint density at radius 1 is 1.11 bits per heavy atom. The molecule has 0 spiro atoms. The van der Waals surface area contributed by atoms with Crippen LogP contribution in [0.1, 0.15) is 12.5 Å². The molecular formula is C16H17NOS. The van der Waals surface area contributed by atoms with Gasteiger partial charge < -0.3 is 5.32 Å². The van der Waals surface area contributed by atoms with Crippen molar-refractivity contribution < 1.29 is 4.79 Å². The molecule has 2 rings (SSSR count). The molecule has 98 valence electrons. The SMILES string of the molecule is CCc1cccc(NC(=O)CSc2ccccc2)c1. The Labute approximate surface area is 118 Å². The van der Waals surface area contributed by atoms with E-state index >= 15 is 0 Å². The predicted octanol–water partition coefficient (Wildman–Crippen LogP) is 3.98. The number of carbonyl (C=O) groups is 1. The van der Waals surface area contributed by atoms with Crippen molar-refractivity contribution in [1.29, 1.82) is 0 Å². The minimum Gasteiger partial charge on any atom is -0.325 e. The van der Waals surface area contributed by atoms with Gasteiger partial charge in [-0.2, -0.15) is 0 Å². The van der Waals surface area contributed by atoms with Gasteiger partial charge in [0.2, 0.25) is 5.91 Å². The average Bonchev–Trinajstić information content (AvgIpc) is 2.46. The monoisotopic (exact) mass is 271 g/mol. The smallest absolute Gasteiger partial charge is 0.234 e. The lowest BCUT2D eigenvalue weighted by Gasteiger charge is -2.06. The van der Waals surface area contributed by atoms with Gasteiger partial charge in [-0.15, -0.1) is 11.8 Å². The Morgan fingerprint density at radius 2 is 1.89 bits per heavy atom. The maximum atomic E-state index is 11.9. The van der Waals surface area contributed by atoms with Gasteiger partial charge in [-0.25, -0.2) is 0 Å². The molecule has 0 aromatic heterocycles. The van der Waals surface area contributed by atoms with Gasteiger partial charge in [-0.3, -0.25) is 4.79 Å². The number of benzene rings is 2. The molecule has 0 saturated carbocycles. The third-order valence-electron chi connectivity index (χ3n) is 2.73. The van der Waals surface area contributed by atoms with E-state index in [0.29, 0.717) is 5.75 Å². The van der Waals surface area contributed by atoms with E-state index in [1.54, 1.807) is 11.8 Å². The molecule has 3 heteroatoms. The van der Waals surface area contributed by atoms with Crippen LogP contribution in [-0.2, 0) is 11.2 Å². The summed E-state index contributed by atoms with van der Waals surface area (Å²) in [5.41, 5.74) is 2.10. The van der Waals surface area contributed by atoms with Crippen molar-refractivity contribution in [2.75, 3.05) is 11.1 Å². The fourth-order valence-corrected chi connectivity index (χ4v) is 2.45. The molecule has 0 atom stereocenters. The molecule has 0 unspecified atom stereocenters. The number of nitrogens with one attached hydrogen (secondary N) is 1. The van der Waals surface area contributed by atoms with Crippen molar-refractivity contribution in [1.82, 2.24) is 0 Å². The third kappa shape index (κ3) is 4.45.